The van der Waals surface area contributed by atoms with Crippen LogP contribution in [0.3, 0.4) is 0 Å². The molecule has 8 rings (SSSR count). The maximum atomic E-state index is 15.3. The van der Waals surface area contributed by atoms with E-state index < -0.39 is 35.3 Å². The molecule has 0 bridgehead atoms. The van der Waals surface area contributed by atoms with Crippen LogP contribution in [0.15, 0.2) is 101 Å². The standard InChI is InChI=1S/C54H54F4N4O5S/c1-4-54(32-65-33-54)31-64-21-7-5-6-8-22-66-51-46(57)25-39(26-47(51)58)52(63)67-41-17-19-43(37-14-12-36(13-15-37)42-18-9-34(2)23-45(42)56)48(28-41)61-53-62(3)49-20-16-40(27-50(49)68-53)60-30-35-10-11-38(29-59)44(55)24-35/h9-16,18,20,23-27,30,41,43,48H,4-8,17,19,21-22,28,31-33H2,1-3H3/b60-30+,61-53-. The van der Waals surface area contributed by atoms with E-state index in [0.717, 1.165) is 77.9 Å². The van der Waals surface area contributed by atoms with E-state index in [1.165, 1.54) is 35.8 Å². The first-order valence-electron chi connectivity index (χ1n) is 23.1. The molecule has 1 aromatic heterocycles. The summed E-state index contributed by atoms with van der Waals surface area (Å²) in [5.41, 5.74) is 5.01. The molecule has 3 atom stereocenters. The highest BCUT2D eigenvalue weighted by molar-refractivity contribution is 7.16. The van der Waals surface area contributed by atoms with Gasteiger partial charge in [0.2, 0.25) is 0 Å². The third-order valence-corrected chi connectivity index (χ3v) is 14.1. The van der Waals surface area contributed by atoms with Crippen molar-refractivity contribution in [3.8, 4) is 22.9 Å². The molecule has 2 aliphatic rings. The molecule has 1 aliphatic carbocycles. The van der Waals surface area contributed by atoms with Crippen LogP contribution in [-0.2, 0) is 21.3 Å². The van der Waals surface area contributed by atoms with E-state index >= 15 is 8.78 Å². The maximum Gasteiger partial charge on any atom is 0.338 e. The van der Waals surface area contributed by atoms with Gasteiger partial charge in [0.25, 0.3) is 0 Å². The van der Waals surface area contributed by atoms with Gasteiger partial charge in [-0.25, -0.2) is 22.4 Å². The number of hydrogen-bond donors (Lipinski definition) is 0. The average Bonchev–Trinajstić information content (AvgIpc) is 3.62. The van der Waals surface area contributed by atoms with E-state index in [0.29, 0.717) is 60.5 Å². The van der Waals surface area contributed by atoms with Crippen LogP contribution in [-0.4, -0.2) is 61.9 Å². The van der Waals surface area contributed by atoms with Crippen LogP contribution >= 0.6 is 11.3 Å². The minimum Gasteiger partial charge on any atom is -0.488 e. The van der Waals surface area contributed by atoms with Gasteiger partial charge in [-0.15, -0.1) is 0 Å². The summed E-state index contributed by atoms with van der Waals surface area (Å²) in [6, 6.07) is 26.3. The van der Waals surface area contributed by atoms with Gasteiger partial charge in [-0.1, -0.05) is 67.1 Å². The molecule has 1 saturated heterocycles. The summed E-state index contributed by atoms with van der Waals surface area (Å²) in [6.45, 7) is 6.97. The van der Waals surface area contributed by atoms with Gasteiger partial charge in [0.1, 0.15) is 23.8 Å². The van der Waals surface area contributed by atoms with Crippen molar-refractivity contribution in [2.24, 2.45) is 22.4 Å². The van der Waals surface area contributed by atoms with E-state index in [2.05, 4.69) is 11.9 Å². The monoisotopic (exact) mass is 946 g/mol. The highest BCUT2D eigenvalue weighted by Gasteiger charge is 2.37. The van der Waals surface area contributed by atoms with Gasteiger partial charge in [0, 0.05) is 43.2 Å². The summed E-state index contributed by atoms with van der Waals surface area (Å²) >= 11 is 1.47. The Labute approximate surface area is 397 Å². The fourth-order valence-corrected chi connectivity index (χ4v) is 9.88. The Hall–Kier alpha value is -6.14. The molecule has 9 nitrogen and oxygen atoms in total. The topological polar surface area (TPSA) is 107 Å². The smallest absolute Gasteiger partial charge is 0.338 e. The zero-order valence-electron chi connectivity index (χ0n) is 38.4. The van der Waals surface area contributed by atoms with E-state index in [1.54, 1.807) is 12.1 Å². The lowest BCUT2D eigenvalue weighted by molar-refractivity contribution is -0.150. The summed E-state index contributed by atoms with van der Waals surface area (Å²) in [5, 5.41) is 9.07. The van der Waals surface area contributed by atoms with E-state index in [9.17, 15) is 13.6 Å². The number of aliphatic imine (C=N–C) groups is 1. The summed E-state index contributed by atoms with van der Waals surface area (Å²) in [6.07, 6.45) is 6.58. The van der Waals surface area contributed by atoms with Gasteiger partial charge in [0.05, 0.1) is 59.5 Å². The Bertz CT molecular complexity index is 2880. The number of hydrogen-bond acceptors (Lipinski definition) is 9. The first-order chi connectivity index (χ1) is 32.9. The van der Waals surface area contributed by atoms with Gasteiger partial charge in [-0.3, -0.25) is 9.98 Å². The second-order valence-corrected chi connectivity index (χ2v) is 18.9. The lowest BCUT2D eigenvalue weighted by Gasteiger charge is -2.40. The normalized spacial score (nSPS) is 18.1. The van der Waals surface area contributed by atoms with Gasteiger partial charge in [0.15, 0.2) is 22.2 Å². The van der Waals surface area contributed by atoms with Crippen molar-refractivity contribution in [2.45, 2.75) is 83.3 Å². The van der Waals surface area contributed by atoms with Crippen molar-refractivity contribution >= 4 is 39.4 Å². The Balaban J connectivity index is 0.951. The van der Waals surface area contributed by atoms with Crippen molar-refractivity contribution in [3.05, 3.63) is 147 Å². The molecule has 354 valence electrons. The predicted molar refractivity (Wildman–Crippen MR) is 256 cm³/mol. The number of halogens is 4. The Morgan fingerprint density at radius 3 is 2.35 bits per heavy atom. The highest BCUT2D eigenvalue weighted by Crippen LogP contribution is 2.39. The number of ether oxygens (including phenoxy) is 4. The van der Waals surface area contributed by atoms with Crippen molar-refractivity contribution < 1.29 is 41.3 Å². The number of aromatic nitrogens is 1. The van der Waals surface area contributed by atoms with E-state index in [-0.39, 0.29) is 40.9 Å². The van der Waals surface area contributed by atoms with Crippen LogP contribution in [0.2, 0.25) is 0 Å². The number of aryl methyl sites for hydroxylation is 2. The van der Waals surface area contributed by atoms with Crippen molar-refractivity contribution in [1.29, 1.82) is 5.26 Å². The van der Waals surface area contributed by atoms with Gasteiger partial charge in [-0.05, 0) is 116 Å². The minimum atomic E-state index is -0.977. The van der Waals surface area contributed by atoms with Gasteiger partial charge in [-0.2, -0.15) is 5.26 Å². The van der Waals surface area contributed by atoms with Crippen LogP contribution in [0.5, 0.6) is 5.75 Å². The van der Waals surface area contributed by atoms with Crippen LogP contribution in [0.25, 0.3) is 21.3 Å². The summed E-state index contributed by atoms with van der Waals surface area (Å²) in [7, 11) is 1.92. The van der Waals surface area contributed by atoms with E-state index in [1.807, 2.05) is 73.1 Å². The number of fused-ring (bicyclic) bond motifs is 1. The first kappa shape index (κ1) is 48.3. The fourth-order valence-electron chi connectivity index (χ4n) is 8.77. The Morgan fingerprint density at radius 1 is 0.897 bits per heavy atom. The number of nitrogens with zero attached hydrogens (tertiary/aromatic N) is 4. The lowest BCUT2D eigenvalue weighted by Crippen LogP contribution is -2.45. The summed E-state index contributed by atoms with van der Waals surface area (Å²) in [5.74, 6) is -4.33. The van der Waals surface area contributed by atoms with Crippen LogP contribution in [0.4, 0.5) is 23.2 Å². The molecule has 0 amide bonds. The zero-order valence-corrected chi connectivity index (χ0v) is 39.2. The Kier molecular flexibility index (Phi) is 15.5. The summed E-state index contributed by atoms with van der Waals surface area (Å²) in [4.78, 5) is 24.1. The second kappa shape index (κ2) is 21.9. The van der Waals surface area contributed by atoms with E-state index in [4.69, 9.17) is 29.2 Å². The molecule has 14 heteroatoms. The molecular weight excluding hydrogens is 893 g/mol. The molecule has 6 aromatic rings. The lowest BCUT2D eigenvalue weighted by atomic mass is 9.78. The van der Waals surface area contributed by atoms with Gasteiger partial charge < -0.3 is 23.5 Å². The number of rotatable bonds is 18. The molecule has 68 heavy (non-hydrogen) atoms. The summed E-state index contributed by atoms with van der Waals surface area (Å²) < 4.78 is 85.3. The number of benzene rings is 5. The molecule has 2 fully saturated rings. The fraction of sp³-hybridized carbons (Fsp3) is 0.370. The number of carbonyl (C=O) groups is 1. The Morgan fingerprint density at radius 2 is 1.66 bits per heavy atom. The third-order valence-electron chi connectivity index (χ3n) is 13.0. The molecule has 1 aliphatic heterocycles. The van der Waals surface area contributed by atoms with Crippen molar-refractivity contribution in [3.63, 3.8) is 0 Å². The highest BCUT2D eigenvalue weighted by atomic mass is 32.1. The van der Waals surface area contributed by atoms with Crippen molar-refractivity contribution in [2.75, 3.05) is 33.0 Å². The number of carbonyl (C=O) groups excluding carboxylic acids is 1. The third kappa shape index (κ3) is 11.4. The quantitative estimate of drug-likeness (QED) is 0.0368. The molecule has 3 unspecified atom stereocenters. The zero-order chi connectivity index (χ0) is 47.8. The van der Waals surface area contributed by atoms with Crippen LogP contribution in [0, 0.1) is 46.9 Å². The molecule has 1 saturated carbocycles. The first-order valence-corrected chi connectivity index (χ1v) is 24.0. The van der Waals surface area contributed by atoms with Crippen LogP contribution < -0.4 is 9.54 Å². The number of thiazole rings is 1. The number of unbranched alkanes of at least 4 members (excludes halogenated alkanes) is 3. The average molecular weight is 947 g/mol. The molecule has 0 radical (unpaired) electrons. The van der Waals surface area contributed by atoms with Gasteiger partial charge >= 0.3 is 5.97 Å². The SMILES string of the molecule is CCC1(COCCCCCCOc2c(F)cc(C(=O)OC3CCC(c4ccc(-c5ccc(C)cc5F)cc4)C(/N=c4\sc5cc(/N=C/c6ccc(C#N)c(F)c6)ccc5n4C)C3)cc2F)COC1. The largest absolute Gasteiger partial charge is 0.488 e. The second-order valence-electron chi connectivity index (χ2n) is 17.9. The number of nitriles is 1. The molecule has 2 heterocycles. The van der Waals surface area contributed by atoms with Crippen molar-refractivity contribution in [1.82, 2.24) is 4.57 Å². The molecular formula is C54H54F4N4O5S. The maximum absolute atomic E-state index is 15.3. The molecule has 0 N–H and O–H groups in total. The molecule has 0 spiro atoms. The van der Waals surface area contributed by atoms with Crippen LogP contribution in [0.1, 0.15) is 96.8 Å². The minimum absolute atomic E-state index is 0.0395. The predicted octanol–water partition coefficient (Wildman–Crippen LogP) is 12.2. The molecule has 5 aromatic carbocycles. The number of esters is 1.